The van der Waals surface area contributed by atoms with Gasteiger partial charge in [0.25, 0.3) is 0 Å². The molecule has 6 heteroatoms. The molecule has 0 aliphatic heterocycles. The van der Waals surface area contributed by atoms with Gasteiger partial charge in [-0.3, -0.25) is 0 Å². The lowest BCUT2D eigenvalue weighted by Gasteiger charge is -2.10. The monoisotopic (exact) mass is 192 g/mol. The van der Waals surface area contributed by atoms with Crippen LogP contribution in [-0.2, 0) is 0 Å². The predicted octanol–water partition coefficient (Wildman–Crippen LogP) is 0.491. The van der Waals surface area contributed by atoms with E-state index in [0.717, 1.165) is 0 Å². The lowest BCUT2D eigenvalue weighted by molar-refractivity contribution is 0.260. The van der Waals surface area contributed by atoms with E-state index in [2.05, 4.69) is 4.98 Å². The second-order valence-electron chi connectivity index (χ2n) is 2.41. The lowest BCUT2D eigenvalue weighted by Crippen LogP contribution is -2.19. The highest BCUT2D eigenvalue weighted by Gasteiger charge is 2.20. The summed E-state index contributed by atoms with van der Waals surface area (Å²) in [5, 5.41) is 8.53. The van der Waals surface area contributed by atoms with Crippen LogP contribution < -0.4 is 5.73 Å². The Hall–Kier alpha value is -1.14. The largest absolute Gasteiger partial charge is 0.394 e. The Morgan fingerprint density at radius 3 is 2.62 bits per heavy atom. The fraction of sp³-hybridized carbons (Fsp3) is 0.286. The van der Waals surface area contributed by atoms with E-state index < -0.39 is 35.8 Å². The first-order valence-corrected chi connectivity index (χ1v) is 3.43. The molecular formula is C7H7F3N2O. The summed E-state index contributed by atoms with van der Waals surface area (Å²) in [6.45, 7) is -0.669. The number of pyridine rings is 1. The number of aliphatic hydroxyl groups excluding tert-OH is 1. The average Bonchev–Trinajstić information content (AvgIpc) is 2.12. The van der Waals surface area contributed by atoms with Crippen molar-refractivity contribution in [3.63, 3.8) is 0 Å². The molecule has 0 aromatic carbocycles. The highest BCUT2D eigenvalue weighted by Crippen LogP contribution is 2.19. The van der Waals surface area contributed by atoms with Crippen molar-refractivity contribution in [1.29, 1.82) is 0 Å². The molecule has 0 saturated carbocycles. The van der Waals surface area contributed by atoms with E-state index in [-0.39, 0.29) is 0 Å². The molecule has 13 heavy (non-hydrogen) atoms. The smallest absolute Gasteiger partial charge is 0.249 e. The van der Waals surface area contributed by atoms with Crippen molar-refractivity contribution in [2.45, 2.75) is 6.04 Å². The number of nitrogens with zero attached hydrogens (tertiary/aromatic N) is 1. The summed E-state index contributed by atoms with van der Waals surface area (Å²) < 4.78 is 38.1. The zero-order valence-electron chi connectivity index (χ0n) is 6.47. The summed E-state index contributed by atoms with van der Waals surface area (Å²) in [4.78, 5) is 2.80. The molecule has 3 N–H and O–H groups in total. The van der Waals surface area contributed by atoms with Crippen LogP contribution >= 0.6 is 0 Å². The fourth-order valence-corrected chi connectivity index (χ4v) is 0.887. The van der Waals surface area contributed by atoms with Gasteiger partial charge in [0.1, 0.15) is 5.82 Å². The summed E-state index contributed by atoms with van der Waals surface area (Å²) in [5.74, 6) is -3.96. The van der Waals surface area contributed by atoms with E-state index in [9.17, 15) is 13.2 Å². The SMILES string of the molecule is N[C@H](CO)c1c(F)cnc(F)c1F. The average molecular weight is 192 g/mol. The maximum atomic E-state index is 12.8. The van der Waals surface area contributed by atoms with E-state index in [1.807, 2.05) is 0 Å². The first-order valence-electron chi connectivity index (χ1n) is 3.43. The van der Waals surface area contributed by atoms with Gasteiger partial charge in [0.05, 0.1) is 18.8 Å². The van der Waals surface area contributed by atoms with Crippen LogP contribution in [0, 0.1) is 17.6 Å². The zero-order valence-corrected chi connectivity index (χ0v) is 6.47. The number of hydrogen-bond donors (Lipinski definition) is 2. The van der Waals surface area contributed by atoms with Crippen molar-refractivity contribution in [2.75, 3.05) is 6.61 Å². The Balaban J connectivity index is 3.25. The topological polar surface area (TPSA) is 59.1 Å². The lowest BCUT2D eigenvalue weighted by atomic mass is 10.1. The highest BCUT2D eigenvalue weighted by molar-refractivity contribution is 5.20. The molecule has 0 spiro atoms. The van der Waals surface area contributed by atoms with Crippen LogP contribution in [-0.4, -0.2) is 16.7 Å². The van der Waals surface area contributed by atoms with Gasteiger partial charge >= 0.3 is 0 Å². The molecule has 0 radical (unpaired) electrons. The molecular weight excluding hydrogens is 185 g/mol. The molecule has 0 unspecified atom stereocenters. The van der Waals surface area contributed by atoms with E-state index in [1.165, 1.54) is 0 Å². The van der Waals surface area contributed by atoms with Crippen LogP contribution in [0.2, 0.25) is 0 Å². The summed E-state index contributed by atoms with van der Waals surface area (Å²) >= 11 is 0. The van der Waals surface area contributed by atoms with Crippen LogP contribution in [0.25, 0.3) is 0 Å². The third-order valence-electron chi connectivity index (χ3n) is 1.53. The Bertz CT molecular complexity index is 319. The minimum Gasteiger partial charge on any atom is -0.394 e. The number of nitrogens with two attached hydrogens (primary N) is 1. The maximum Gasteiger partial charge on any atom is 0.249 e. The summed E-state index contributed by atoms with van der Waals surface area (Å²) in [6, 6.07) is -1.28. The van der Waals surface area contributed by atoms with Crippen molar-refractivity contribution < 1.29 is 18.3 Å². The molecule has 1 heterocycles. The van der Waals surface area contributed by atoms with Crippen molar-refractivity contribution >= 4 is 0 Å². The Kier molecular flexibility index (Phi) is 2.84. The molecule has 0 fully saturated rings. The maximum absolute atomic E-state index is 12.8. The van der Waals surface area contributed by atoms with Gasteiger partial charge in [0.15, 0.2) is 5.82 Å². The predicted molar refractivity (Wildman–Crippen MR) is 38.1 cm³/mol. The van der Waals surface area contributed by atoms with Crippen molar-refractivity contribution in [1.82, 2.24) is 4.98 Å². The minimum atomic E-state index is -1.46. The summed E-state index contributed by atoms with van der Waals surface area (Å²) in [5.41, 5.74) is 4.46. The van der Waals surface area contributed by atoms with E-state index >= 15 is 0 Å². The molecule has 1 aromatic heterocycles. The van der Waals surface area contributed by atoms with Crippen LogP contribution in [0.1, 0.15) is 11.6 Å². The first kappa shape index (κ1) is 9.94. The standard InChI is InChI=1S/C7H7F3N2O/c8-3-1-12-7(10)6(9)5(3)4(11)2-13/h1,4,13H,2,11H2/t4-/m1/s1. The third kappa shape index (κ3) is 1.78. The van der Waals surface area contributed by atoms with Gasteiger partial charge < -0.3 is 10.8 Å². The molecule has 1 atom stereocenters. The Morgan fingerprint density at radius 1 is 1.46 bits per heavy atom. The second kappa shape index (κ2) is 3.71. The van der Waals surface area contributed by atoms with Gasteiger partial charge in [0.2, 0.25) is 5.95 Å². The number of aromatic nitrogens is 1. The molecule has 1 rings (SSSR count). The third-order valence-corrected chi connectivity index (χ3v) is 1.53. The second-order valence-corrected chi connectivity index (χ2v) is 2.41. The molecule has 0 aliphatic carbocycles. The van der Waals surface area contributed by atoms with Crippen molar-refractivity contribution in [3.8, 4) is 0 Å². The van der Waals surface area contributed by atoms with Crippen LogP contribution in [0.3, 0.4) is 0 Å². The first-order chi connectivity index (χ1) is 6.07. The number of rotatable bonds is 2. The minimum absolute atomic E-state index is 0.517. The van der Waals surface area contributed by atoms with E-state index in [0.29, 0.717) is 6.20 Å². The molecule has 0 aliphatic rings. The van der Waals surface area contributed by atoms with Crippen LogP contribution in [0.15, 0.2) is 6.20 Å². The van der Waals surface area contributed by atoms with Gasteiger partial charge in [-0.1, -0.05) is 0 Å². The van der Waals surface area contributed by atoms with E-state index in [1.54, 1.807) is 0 Å². The molecule has 3 nitrogen and oxygen atoms in total. The Labute approximate surface area is 72.0 Å². The number of halogens is 3. The molecule has 72 valence electrons. The zero-order chi connectivity index (χ0) is 10.0. The van der Waals surface area contributed by atoms with Gasteiger partial charge in [-0.25, -0.2) is 13.8 Å². The summed E-state index contributed by atoms with van der Waals surface area (Å²) in [6.07, 6.45) is 0.517. The van der Waals surface area contributed by atoms with Crippen molar-refractivity contribution in [3.05, 3.63) is 29.3 Å². The molecule has 0 bridgehead atoms. The van der Waals surface area contributed by atoms with E-state index in [4.69, 9.17) is 10.8 Å². The molecule has 1 aromatic rings. The summed E-state index contributed by atoms with van der Waals surface area (Å²) in [7, 11) is 0. The van der Waals surface area contributed by atoms with Crippen LogP contribution in [0.5, 0.6) is 0 Å². The van der Waals surface area contributed by atoms with Gasteiger partial charge in [0, 0.05) is 5.56 Å². The normalized spacial score (nSPS) is 13.0. The quantitative estimate of drug-likeness (QED) is 0.670. The highest BCUT2D eigenvalue weighted by atomic mass is 19.2. The number of hydrogen-bond acceptors (Lipinski definition) is 3. The molecule has 0 saturated heterocycles. The van der Waals surface area contributed by atoms with Gasteiger partial charge in [-0.15, -0.1) is 0 Å². The number of aliphatic hydroxyl groups is 1. The van der Waals surface area contributed by atoms with Crippen molar-refractivity contribution in [2.24, 2.45) is 5.73 Å². The fourth-order valence-electron chi connectivity index (χ4n) is 0.887. The van der Waals surface area contributed by atoms with Crippen LogP contribution in [0.4, 0.5) is 13.2 Å². The Morgan fingerprint density at radius 2 is 2.08 bits per heavy atom. The molecule has 0 amide bonds. The van der Waals surface area contributed by atoms with Gasteiger partial charge in [-0.2, -0.15) is 4.39 Å². The van der Waals surface area contributed by atoms with Gasteiger partial charge in [-0.05, 0) is 0 Å².